The second-order valence-corrected chi connectivity index (χ2v) is 12.1. The van der Waals surface area contributed by atoms with E-state index in [0.717, 1.165) is 15.9 Å². The number of ketones is 2. The predicted molar refractivity (Wildman–Crippen MR) is 150 cm³/mol. The predicted octanol–water partition coefficient (Wildman–Crippen LogP) is 6.11. The summed E-state index contributed by atoms with van der Waals surface area (Å²) in [5, 5.41) is 3.00. The molecule has 0 aromatic heterocycles. The van der Waals surface area contributed by atoms with Gasteiger partial charge in [0.2, 0.25) is 17.2 Å². The van der Waals surface area contributed by atoms with Gasteiger partial charge in [0.15, 0.2) is 0 Å². The number of Topliss-reactive ketones (excluding diaryl/α,β-unsaturated/α-hetero) is 2. The molecule has 0 radical (unpaired) electrons. The maximum absolute atomic E-state index is 14.5. The minimum absolute atomic E-state index is 0.158. The molecule has 0 spiro atoms. The number of rotatable bonds is 8. The number of hydrogen-bond acceptors (Lipinski definition) is 2. The Bertz CT molecular complexity index is 1290. The summed E-state index contributed by atoms with van der Waals surface area (Å²) in [4.78, 5) is 29.1. The van der Waals surface area contributed by atoms with Gasteiger partial charge in [0, 0.05) is 11.1 Å². The SMILES string of the molecule is O=C(c1ccccc1)C(C(=O)c1ccccc1)[P+](c1ccccc1)(c1ccccc1)c1ccccc1. The van der Waals surface area contributed by atoms with Crippen LogP contribution in [0.2, 0.25) is 0 Å². The van der Waals surface area contributed by atoms with Crippen molar-refractivity contribution in [1.82, 2.24) is 0 Å². The van der Waals surface area contributed by atoms with Crippen LogP contribution in [0.1, 0.15) is 20.7 Å². The second-order valence-electron chi connectivity index (χ2n) is 8.59. The van der Waals surface area contributed by atoms with Crippen LogP contribution in [0.25, 0.3) is 0 Å². The molecule has 2 nitrogen and oxygen atoms in total. The van der Waals surface area contributed by atoms with E-state index in [-0.39, 0.29) is 11.6 Å². The largest absolute Gasteiger partial charge is 0.289 e. The molecule has 0 heterocycles. The summed E-state index contributed by atoms with van der Waals surface area (Å²) in [6.07, 6.45) is 0. The molecule has 0 atom stereocenters. The van der Waals surface area contributed by atoms with E-state index in [4.69, 9.17) is 0 Å². The lowest BCUT2D eigenvalue weighted by Crippen LogP contribution is -2.46. The number of hydrogen-bond donors (Lipinski definition) is 0. The Morgan fingerprint density at radius 1 is 0.389 bits per heavy atom. The minimum Gasteiger partial charge on any atom is -0.289 e. The molecule has 0 N–H and O–H groups in total. The number of benzene rings is 5. The Morgan fingerprint density at radius 3 is 0.917 bits per heavy atom. The summed E-state index contributed by atoms with van der Waals surface area (Å²) in [6, 6.07) is 48.7. The van der Waals surface area contributed by atoms with Crippen LogP contribution in [-0.4, -0.2) is 17.2 Å². The number of carbonyl (C=O) groups excluding carboxylic acids is 2. The smallest absolute Gasteiger partial charge is 0.212 e. The lowest BCUT2D eigenvalue weighted by molar-refractivity contribution is 0.0901. The molecule has 0 aliphatic carbocycles. The van der Waals surface area contributed by atoms with Gasteiger partial charge in [-0.05, 0) is 36.4 Å². The summed E-state index contributed by atoms with van der Waals surface area (Å²) in [5.74, 6) is -0.316. The third-order valence-electron chi connectivity index (χ3n) is 6.49. The maximum Gasteiger partial charge on any atom is 0.212 e. The zero-order valence-electron chi connectivity index (χ0n) is 19.8. The maximum atomic E-state index is 14.5. The van der Waals surface area contributed by atoms with Crippen LogP contribution in [0.5, 0.6) is 0 Å². The fraction of sp³-hybridized carbons (Fsp3) is 0.0303. The molecule has 0 saturated carbocycles. The topological polar surface area (TPSA) is 34.1 Å². The van der Waals surface area contributed by atoms with Gasteiger partial charge < -0.3 is 0 Å². The van der Waals surface area contributed by atoms with E-state index in [1.165, 1.54) is 0 Å². The van der Waals surface area contributed by atoms with Crippen molar-refractivity contribution >= 4 is 34.7 Å². The van der Waals surface area contributed by atoms with Crippen molar-refractivity contribution in [1.29, 1.82) is 0 Å². The van der Waals surface area contributed by atoms with Crippen LogP contribution in [-0.2, 0) is 0 Å². The van der Waals surface area contributed by atoms with Crippen LogP contribution in [0, 0.1) is 0 Å². The molecule has 5 rings (SSSR count). The summed E-state index contributed by atoms with van der Waals surface area (Å²) < 4.78 is 0. The van der Waals surface area contributed by atoms with Crippen LogP contribution < -0.4 is 15.9 Å². The Kier molecular flexibility index (Phi) is 6.98. The van der Waals surface area contributed by atoms with Gasteiger partial charge in [-0.2, -0.15) is 0 Å². The van der Waals surface area contributed by atoms with Crippen molar-refractivity contribution < 1.29 is 9.59 Å². The standard InChI is InChI=1S/C33H26O2P/c34-31(26-16-6-1-7-17-26)33(32(35)27-18-8-2-9-19-27)36(28-20-10-3-11-21-28,29-22-12-4-13-23-29)30-24-14-5-15-25-30/h1-25,33H/q+1. The Labute approximate surface area is 212 Å². The van der Waals surface area contributed by atoms with Crippen LogP contribution in [0.15, 0.2) is 152 Å². The van der Waals surface area contributed by atoms with Crippen molar-refractivity contribution in [3.63, 3.8) is 0 Å². The summed E-state index contributed by atoms with van der Waals surface area (Å²) in [5.41, 5.74) is 0.160. The first-order chi connectivity index (χ1) is 17.7. The first-order valence-electron chi connectivity index (χ1n) is 12.0. The fourth-order valence-electron chi connectivity index (χ4n) is 4.88. The van der Waals surface area contributed by atoms with Crippen molar-refractivity contribution in [2.24, 2.45) is 0 Å². The monoisotopic (exact) mass is 485 g/mol. The molecule has 0 bridgehead atoms. The summed E-state index contributed by atoms with van der Waals surface area (Å²) in [6.45, 7) is 0. The second kappa shape index (κ2) is 10.6. The normalized spacial score (nSPS) is 11.2. The van der Waals surface area contributed by atoms with E-state index in [9.17, 15) is 9.59 Å². The minimum atomic E-state index is -2.81. The van der Waals surface area contributed by atoms with E-state index in [1.54, 1.807) is 0 Å². The zero-order chi connectivity index (χ0) is 24.8. The van der Waals surface area contributed by atoms with Crippen molar-refractivity contribution in [2.45, 2.75) is 5.66 Å². The van der Waals surface area contributed by atoms with Crippen LogP contribution >= 0.6 is 7.26 Å². The molecule has 174 valence electrons. The van der Waals surface area contributed by atoms with Crippen LogP contribution in [0.3, 0.4) is 0 Å². The average Bonchev–Trinajstić information content (AvgIpc) is 2.97. The highest BCUT2D eigenvalue weighted by Crippen LogP contribution is 2.61. The molecule has 5 aromatic carbocycles. The molecule has 0 unspecified atom stereocenters. The summed E-state index contributed by atoms with van der Waals surface area (Å²) in [7, 11) is -2.81. The van der Waals surface area contributed by atoms with Gasteiger partial charge in [0.25, 0.3) is 0 Å². The van der Waals surface area contributed by atoms with Gasteiger partial charge in [0.1, 0.15) is 23.2 Å². The zero-order valence-corrected chi connectivity index (χ0v) is 20.7. The first kappa shape index (κ1) is 23.6. The van der Waals surface area contributed by atoms with Crippen molar-refractivity contribution in [3.8, 4) is 0 Å². The van der Waals surface area contributed by atoms with E-state index >= 15 is 0 Å². The van der Waals surface area contributed by atoms with Gasteiger partial charge >= 0.3 is 0 Å². The van der Waals surface area contributed by atoms with Crippen molar-refractivity contribution in [3.05, 3.63) is 163 Å². The molecular formula is C33H26O2P+. The van der Waals surface area contributed by atoms with E-state index < -0.39 is 12.9 Å². The lowest BCUT2D eigenvalue weighted by atomic mass is 10.0. The molecule has 0 amide bonds. The molecular weight excluding hydrogens is 459 g/mol. The van der Waals surface area contributed by atoms with E-state index in [1.807, 2.05) is 115 Å². The fourth-order valence-corrected chi connectivity index (χ4v) is 9.59. The van der Waals surface area contributed by atoms with Gasteiger partial charge in [-0.25, -0.2) is 0 Å². The Hall–Kier alpha value is -4.13. The van der Waals surface area contributed by atoms with Gasteiger partial charge in [-0.15, -0.1) is 0 Å². The van der Waals surface area contributed by atoms with Crippen molar-refractivity contribution in [2.75, 3.05) is 0 Å². The Morgan fingerprint density at radius 2 is 0.639 bits per heavy atom. The lowest BCUT2D eigenvalue weighted by Gasteiger charge is -2.33. The highest BCUT2D eigenvalue weighted by atomic mass is 31.2. The molecule has 0 aliphatic rings. The highest BCUT2D eigenvalue weighted by molar-refractivity contribution is 7.97. The van der Waals surface area contributed by atoms with Gasteiger partial charge in [-0.3, -0.25) is 9.59 Å². The third kappa shape index (κ3) is 4.33. The quantitative estimate of drug-likeness (QED) is 0.151. The first-order valence-corrected chi connectivity index (χ1v) is 13.8. The molecule has 36 heavy (non-hydrogen) atoms. The van der Waals surface area contributed by atoms with E-state index in [0.29, 0.717) is 11.1 Å². The third-order valence-corrected chi connectivity index (χ3v) is 11.1. The molecule has 3 heteroatoms. The molecule has 5 aromatic rings. The Balaban J connectivity index is 1.90. The molecule has 0 saturated heterocycles. The van der Waals surface area contributed by atoms with Gasteiger partial charge in [0.05, 0.1) is 0 Å². The highest BCUT2D eigenvalue weighted by Gasteiger charge is 2.59. The number of carbonyl (C=O) groups is 2. The van der Waals surface area contributed by atoms with Gasteiger partial charge in [-0.1, -0.05) is 115 Å². The molecule has 0 fully saturated rings. The van der Waals surface area contributed by atoms with E-state index in [2.05, 4.69) is 36.4 Å². The molecule has 0 aliphatic heterocycles. The summed E-state index contributed by atoms with van der Waals surface area (Å²) >= 11 is 0. The van der Waals surface area contributed by atoms with Crippen LogP contribution in [0.4, 0.5) is 0 Å². The average molecular weight is 486 g/mol.